The fourth-order valence-corrected chi connectivity index (χ4v) is 2.88. The van der Waals surface area contributed by atoms with E-state index in [1.807, 2.05) is 6.92 Å². The van der Waals surface area contributed by atoms with Crippen LogP contribution in [-0.2, 0) is 4.79 Å². The highest BCUT2D eigenvalue weighted by atomic mass is 16.4. The lowest BCUT2D eigenvalue weighted by Gasteiger charge is -2.34. The Labute approximate surface area is 99.4 Å². The molecule has 2 atom stereocenters. The quantitative estimate of drug-likeness (QED) is 0.766. The molecule has 0 amide bonds. The van der Waals surface area contributed by atoms with E-state index in [2.05, 4.69) is 13.8 Å². The van der Waals surface area contributed by atoms with Crippen LogP contribution in [-0.4, -0.2) is 11.1 Å². The summed E-state index contributed by atoms with van der Waals surface area (Å²) in [7, 11) is 0. The van der Waals surface area contributed by atoms with Crippen LogP contribution in [0.4, 0.5) is 0 Å². The molecular formula is C14H26O2. The molecule has 0 aliphatic heterocycles. The second kappa shape index (κ2) is 5.70. The number of carboxylic acids is 1. The monoisotopic (exact) mass is 226 g/mol. The lowest BCUT2D eigenvalue weighted by Crippen LogP contribution is -2.33. The summed E-state index contributed by atoms with van der Waals surface area (Å²) in [6, 6.07) is 0. The van der Waals surface area contributed by atoms with Gasteiger partial charge >= 0.3 is 5.97 Å². The molecule has 0 aromatic rings. The van der Waals surface area contributed by atoms with E-state index >= 15 is 0 Å². The minimum absolute atomic E-state index is 0.444. The Hall–Kier alpha value is -0.530. The third kappa shape index (κ3) is 3.80. The summed E-state index contributed by atoms with van der Waals surface area (Å²) in [5.41, 5.74) is -0.444. The van der Waals surface area contributed by atoms with Gasteiger partial charge in [0.2, 0.25) is 0 Å². The second-order valence-electron chi connectivity index (χ2n) is 6.15. The van der Waals surface area contributed by atoms with Crippen molar-refractivity contribution in [2.75, 3.05) is 0 Å². The van der Waals surface area contributed by atoms with E-state index in [-0.39, 0.29) is 0 Å². The normalized spacial score (nSPS) is 30.6. The van der Waals surface area contributed by atoms with Gasteiger partial charge in [0.15, 0.2) is 0 Å². The Balaban J connectivity index is 2.36. The average Bonchev–Trinajstić information content (AvgIpc) is 2.17. The van der Waals surface area contributed by atoms with Crippen LogP contribution in [0.1, 0.15) is 65.7 Å². The molecule has 0 unspecified atom stereocenters. The topological polar surface area (TPSA) is 37.3 Å². The molecular weight excluding hydrogens is 200 g/mol. The largest absolute Gasteiger partial charge is 0.481 e. The summed E-state index contributed by atoms with van der Waals surface area (Å²) < 4.78 is 0. The second-order valence-corrected chi connectivity index (χ2v) is 6.15. The van der Waals surface area contributed by atoms with Gasteiger partial charge in [-0.05, 0) is 31.6 Å². The van der Waals surface area contributed by atoms with Crippen molar-refractivity contribution >= 4 is 5.97 Å². The summed E-state index contributed by atoms with van der Waals surface area (Å²) in [5.74, 6) is 0.823. The Bertz CT molecular complexity index is 235. The van der Waals surface area contributed by atoms with Gasteiger partial charge in [-0.2, -0.15) is 0 Å². The molecule has 94 valence electrons. The zero-order chi connectivity index (χ0) is 12.2. The van der Waals surface area contributed by atoms with Crippen molar-refractivity contribution < 1.29 is 9.90 Å². The number of carbonyl (C=O) groups is 1. The molecule has 0 aromatic carbocycles. The molecule has 2 heteroatoms. The van der Waals surface area contributed by atoms with Crippen molar-refractivity contribution in [3.8, 4) is 0 Å². The molecule has 1 N–H and O–H groups in total. The predicted octanol–water partition coefficient (Wildman–Crippen LogP) is 4.09. The average molecular weight is 226 g/mol. The van der Waals surface area contributed by atoms with E-state index in [1.54, 1.807) is 0 Å². The number of carboxylic acid groups (broad SMARTS) is 1. The van der Waals surface area contributed by atoms with Gasteiger partial charge in [0.1, 0.15) is 0 Å². The minimum atomic E-state index is -0.596. The lowest BCUT2D eigenvalue weighted by molar-refractivity contribution is -0.150. The number of hydrogen-bond donors (Lipinski definition) is 1. The molecule has 2 nitrogen and oxygen atoms in total. The summed E-state index contributed by atoms with van der Waals surface area (Å²) >= 11 is 0. The Morgan fingerprint density at radius 3 is 2.75 bits per heavy atom. The van der Waals surface area contributed by atoms with Gasteiger partial charge in [-0.3, -0.25) is 4.79 Å². The maximum absolute atomic E-state index is 11.2. The fourth-order valence-electron chi connectivity index (χ4n) is 2.88. The lowest BCUT2D eigenvalue weighted by atomic mass is 9.69. The first-order chi connectivity index (χ1) is 7.44. The summed E-state index contributed by atoms with van der Waals surface area (Å²) in [4.78, 5) is 11.2. The van der Waals surface area contributed by atoms with Crippen molar-refractivity contribution in [2.45, 2.75) is 65.7 Å². The summed E-state index contributed by atoms with van der Waals surface area (Å²) in [5, 5.41) is 9.23. The number of aliphatic carboxylic acids is 1. The maximum atomic E-state index is 11.2. The molecule has 0 saturated heterocycles. The van der Waals surface area contributed by atoms with E-state index in [9.17, 15) is 9.90 Å². The molecule has 1 aliphatic rings. The molecule has 0 spiro atoms. The van der Waals surface area contributed by atoms with E-state index in [0.717, 1.165) is 25.2 Å². The van der Waals surface area contributed by atoms with Crippen molar-refractivity contribution in [1.29, 1.82) is 0 Å². The van der Waals surface area contributed by atoms with Crippen LogP contribution in [0, 0.1) is 17.3 Å². The first kappa shape index (κ1) is 13.5. The van der Waals surface area contributed by atoms with E-state index in [4.69, 9.17) is 0 Å². The third-order valence-corrected chi connectivity index (χ3v) is 3.99. The first-order valence-corrected chi connectivity index (χ1v) is 6.67. The fraction of sp³-hybridized carbons (Fsp3) is 0.929. The molecule has 1 aliphatic carbocycles. The van der Waals surface area contributed by atoms with Crippen LogP contribution >= 0.6 is 0 Å². The summed E-state index contributed by atoms with van der Waals surface area (Å²) in [6.45, 7) is 6.43. The van der Waals surface area contributed by atoms with Gasteiger partial charge in [-0.25, -0.2) is 0 Å². The van der Waals surface area contributed by atoms with E-state index in [0.29, 0.717) is 5.92 Å². The molecule has 16 heavy (non-hydrogen) atoms. The molecule has 1 rings (SSSR count). The van der Waals surface area contributed by atoms with Crippen molar-refractivity contribution in [3.05, 3.63) is 0 Å². The standard InChI is InChI=1S/C14H26O2/c1-11(2)6-4-7-12-8-5-9-14(3,10-12)13(15)16/h11-12H,4-10H2,1-3H3,(H,15,16)/t12-,14+/m1/s1. The SMILES string of the molecule is CC(C)CCC[C@@H]1CCC[C@](C)(C(=O)O)C1. The maximum Gasteiger partial charge on any atom is 0.309 e. The van der Waals surface area contributed by atoms with Crippen LogP contribution in [0.2, 0.25) is 0 Å². The van der Waals surface area contributed by atoms with Gasteiger partial charge < -0.3 is 5.11 Å². The predicted molar refractivity (Wildman–Crippen MR) is 66.4 cm³/mol. The Morgan fingerprint density at radius 2 is 2.19 bits per heavy atom. The van der Waals surface area contributed by atoms with Crippen molar-refractivity contribution in [1.82, 2.24) is 0 Å². The Kier molecular flexibility index (Phi) is 4.82. The van der Waals surface area contributed by atoms with Crippen LogP contribution < -0.4 is 0 Å². The van der Waals surface area contributed by atoms with E-state index in [1.165, 1.54) is 25.7 Å². The van der Waals surface area contributed by atoms with Gasteiger partial charge in [-0.15, -0.1) is 0 Å². The van der Waals surface area contributed by atoms with Gasteiger partial charge in [0, 0.05) is 0 Å². The van der Waals surface area contributed by atoms with Crippen molar-refractivity contribution in [3.63, 3.8) is 0 Å². The van der Waals surface area contributed by atoms with Crippen LogP contribution in [0.5, 0.6) is 0 Å². The highest BCUT2D eigenvalue weighted by Gasteiger charge is 2.38. The van der Waals surface area contributed by atoms with Gasteiger partial charge in [-0.1, -0.05) is 46.0 Å². The van der Waals surface area contributed by atoms with Gasteiger partial charge in [0.05, 0.1) is 5.41 Å². The number of hydrogen-bond acceptors (Lipinski definition) is 1. The highest BCUT2D eigenvalue weighted by Crippen LogP contribution is 2.41. The minimum Gasteiger partial charge on any atom is -0.481 e. The molecule has 0 aromatic heterocycles. The van der Waals surface area contributed by atoms with E-state index < -0.39 is 11.4 Å². The number of rotatable bonds is 5. The highest BCUT2D eigenvalue weighted by molar-refractivity contribution is 5.74. The van der Waals surface area contributed by atoms with Crippen LogP contribution in [0.15, 0.2) is 0 Å². The molecule has 0 radical (unpaired) electrons. The molecule has 1 fully saturated rings. The molecule has 1 saturated carbocycles. The zero-order valence-electron chi connectivity index (χ0n) is 11.0. The van der Waals surface area contributed by atoms with Crippen LogP contribution in [0.25, 0.3) is 0 Å². The summed E-state index contributed by atoms with van der Waals surface area (Å²) in [6.07, 6.45) is 7.85. The Morgan fingerprint density at radius 1 is 1.50 bits per heavy atom. The smallest absolute Gasteiger partial charge is 0.309 e. The van der Waals surface area contributed by atoms with Crippen molar-refractivity contribution in [2.24, 2.45) is 17.3 Å². The first-order valence-electron chi connectivity index (χ1n) is 6.67. The van der Waals surface area contributed by atoms with Crippen LogP contribution in [0.3, 0.4) is 0 Å². The zero-order valence-corrected chi connectivity index (χ0v) is 11.0. The molecule has 0 heterocycles. The molecule has 0 bridgehead atoms. The van der Waals surface area contributed by atoms with Gasteiger partial charge in [0.25, 0.3) is 0 Å². The third-order valence-electron chi connectivity index (χ3n) is 3.99.